The summed E-state index contributed by atoms with van der Waals surface area (Å²) in [7, 11) is 0. The van der Waals surface area contributed by atoms with Crippen LogP contribution in [0.4, 0.5) is 0 Å². The maximum Gasteiger partial charge on any atom is 0.0423 e. The first-order valence-corrected chi connectivity index (χ1v) is 5.16. The largest absolute Gasteiger partial charge is 0.304 e. The molecule has 1 aromatic rings. The minimum atomic E-state index is 0.553. The lowest BCUT2D eigenvalue weighted by molar-refractivity contribution is 1.34. The number of benzene rings is 1. The van der Waals surface area contributed by atoms with Gasteiger partial charge in [0, 0.05) is 24.3 Å². The van der Waals surface area contributed by atoms with E-state index in [1.165, 1.54) is 0 Å². The molecule has 0 amide bonds. The van der Waals surface area contributed by atoms with E-state index >= 15 is 0 Å². The van der Waals surface area contributed by atoms with Crippen molar-refractivity contribution < 1.29 is 0 Å². The van der Waals surface area contributed by atoms with Crippen molar-refractivity contribution in [3.05, 3.63) is 60.7 Å². The molecule has 1 rings (SSSR count). The molecule has 0 saturated heterocycles. The lowest BCUT2D eigenvalue weighted by atomic mass is 10.0. The second-order valence-corrected chi connectivity index (χ2v) is 3.52. The predicted octanol–water partition coefficient (Wildman–Crippen LogP) is 3.57. The fourth-order valence-corrected chi connectivity index (χ4v) is 1.40. The molecule has 16 heavy (non-hydrogen) atoms. The van der Waals surface area contributed by atoms with Crippen LogP contribution in [0.25, 0.3) is 0 Å². The highest BCUT2D eigenvalue weighted by atomic mass is 14.4. The summed E-state index contributed by atoms with van der Waals surface area (Å²) in [6.45, 7) is 7.22. The number of rotatable bonds is 6. The highest BCUT2D eigenvalue weighted by molar-refractivity contribution is 6.02. The van der Waals surface area contributed by atoms with Crippen LogP contribution in [0.15, 0.2) is 49.6 Å². The average Bonchev–Trinajstić information content (AvgIpc) is 2.30. The molecule has 0 spiro atoms. The molecular formula is C14H16N2. The molecule has 0 aliphatic heterocycles. The first-order valence-electron chi connectivity index (χ1n) is 5.16. The molecule has 82 valence electrons. The zero-order chi connectivity index (χ0) is 12.0. The second-order valence-electron chi connectivity index (χ2n) is 3.52. The molecule has 0 saturated carbocycles. The molecule has 0 atom stereocenters. The number of allylic oxidation sites excluding steroid dienone is 2. The molecule has 0 unspecified atom stereocenters. The van der Waals surface area contributed by atoms with Crippen molar-refractivity contribution in [2.75, 3.05) is 0 Å². The van der Waals surface area contributed by atoms with Crippen molar-refractivity contribution in [3.8, 4) is 0 Å². The van der Waals surface area contributed by atoms with Crippen LogP contribution < -0.4 is 0 Å². The Balaban J connectivity index is 2.82. The summed E-state index contributed by atoms with van der Waals surface area (Å²) in [4.78, 5) is 0. The third kappa shape index (κ3) is 3.02. The highest BCUT2D eigenvalue weighted by Gasteiger charge is 2.02. The molecule has 2 nitrogen and oxygen atoms in total. The van der Waals surface area contributed by atoms with E-state index in [0.29, 0.717) is 24.3 Å². The van der Waals surface area contributed by atoms with Crippen molar-refractivity contribution in [2.24, 2.45) is 0 Å². The molecular weight excluding hydrogens is 196 g/mol. The Hall–Kier alpha value is -1.96. The van der Waals surface area contributed by atoms with Crippen LogP contribution in [0, 0.1) is 10.8 Å². The highest BCUT2D eigenvalue weighted by Crippen LogP contribution is 2.09. The van der Waals surface area contributed by atoms with Crippen LogP contribution in [0.1, 0.15) is 24.0 Å². The summed E-state index contributed by atoms with van der Waals surface area (Å²) >= 11 is 0. The second kappa shape index (κ2) is 5.81. The number of hydrogen-bond donors (Lipinski definition) is 2. The van der Waals surface area contributed by atoms with E-state index in [1.54, 1.807) is 12.2 Å². The van der Waals surface area contributed by atoms with Crippen molar-refractivity contribution in [1.29, 1.82) is 10.8 Å². The Kier molecular flexibility index (Phi) is 4.40. The maximum atomic E-state index is 7.75. The van der Waals surface area contributed by atoms with Crippen LogP contribution in [-0.4, -0.2) is 11.4 Å². The van der Waals surface area contributed by atoms with E-state index in [1.807, 2.05) is 24.3 Å². The number of hydrogen-bond acceptors (Lipinski definition) is 2. The minimum absolute atomic E-state index is 0.553. The van der Waals surface area contributed by atoms with E-state index in [2.05, 4.69) is 13.2 Å². The summed E-state index contributed by atoms with van der Waals surface area (Å²) in [5, 5.41) is 15.5. The van der Waals surface area contributed by atoms with Gasteiger partial charge in [-0.2, -0.15) is 0 Å². The van der Waals surface area contributed by atoms with E-state index in [0.717, 1.165) is 11.1 Å². The Labute approximate surface area is 96.3 Å². The van der Waals surface area contributed by atoms with Gasteiger partial charge in [0.05, 0.1) is 0 Å². The topological polar surface area (TPSA) is 47.7 Å². The van der Waals surface area contributed by atoms with E-state index < -0.39 is 0 Å². The summed E-state index contributed by atoms with van der Waals surface area (Å²) in [6.07, 6.45) is 4.58. The standard InChI is InChI=1S/C14H16N2/c1-3-5-13(15)11-7-9-12(10-8-11)14(16)6-4-2/h3-4,7-10,15-16H,1-2,5-6H2. The van der Waals surface area contributed by atoms with E-state index in [4.69, 9.17) is 10.8 Å². The van der Waals surface area contributed by atoms with Crippen LogP contribution in [-0.2, 0) is 0 Å². The molecule has 0 heterocycles. The van der Waals surface area contributed by atoms with Gasteiger partial charge < -0.3 is 10.8 Å². The average molecular weight is 212 g/mol. The quantitative estimate of drug-likeness (QED) is 0.535. The molecule has 0 aliphatic rings. The van der Waals surface area contributed by atoms with Gasteiger partial charge in [0.1, 0.15) is 0 Å². The summed E-state index contributed by atoms with van der Waals surface area (Å²) in [5.74, 6) is 0. The Morgan fingerprint density at radius 1 is 0.875 bits per heavy atom. The van der Waals surface area contributed by atoms with Crippen molar-refractivity contribution in [1.82, 2.24) is 0 Å². The van der Waals surface area contributed by atoms with Crippen molar-refractivity contribution in [2.45, 2.75) is 12.8 Å². The summed E-state index contributed by atoms with van der Waals surface area (Å²) in [6, 6.07) is 7.50. The third-order valence-electron chi connectivity index (χ3n) is 2.28. The summed E-state index contributed by atoms with van der Waals surface area (Å²) < 4.78 is 0. The van der Waals surface area contributed by atoms with Gasteiger partial charge in [-0.25, -0.2) is 0 Å². The first kappa shape index (κ1) is 12.1. The Morgan fingerprint density at radius 2 is 1.19 bits per heavy atom. The van der Waals surface area contributed by atoms with Gasteiger partial charge >= 0.3 is 0 Å². The van der Waals surface area contributed by atoms with Crippen LogP contribution in [0.5, 0.6) is 0 Å². The molecule has 0 bridgehead atoms. The molecule has 2 heteroatoms. The monoisotopic (exact) mass is 212 g/mol. The van der Waals surface area contributed by atoms with E-state index in [9.17, 15) is 0 Å². The van der Waals surface area contributed by atoms with Crippen LogP contribution in [0.3, 0.4) is 0 Å². The number of nitrogens with one attached hydrogen (secondary N) is 2. The smallest absolute Gasteiger partial charge is 0.0423 e. The van der Waals surface area contributed by atoms with Gasteiger partial charge in [-0.1, -0.05) is 36.4 Å². The van der Waals surface area contributed by atoms with Gasteiger partial charge in [0.15, 0.2) is 0 Å². The lowest BCUT2D eigenvalue weighted by Gasteiger charge is -2.04. The third-order valence-corrected chi connectivity index (χ3v) is 2.28. The maximum absolute atomic E-state index is 7.75. The SMILES string of the molecule is C=CCC(=N)c1ccc(C(=N)CC=C)cc1. The molecule has 2 N–H and O–H groups in total. The molecule has 0 radical (unpaired) electrons. The van der Waals surface area contributed by atoms with Crippen LogP contribution >= 0.6 is 0 Å². The van der Waals surface area contributed by atoms with Crippen molar-refractivity contribution >= 4 is 11.4 Å². The lowest BCUT2D eigenvalue weighted by Crippen LogP contribution is -2.00. The fraction of sp³-hybridized carbons (Fsp3) is 0.143. The minimum Gasteiger partial charge on any atom is -0.304 e. The fourth-order valence-electron chi connectivity index (χ4n) is 1.40. The van der Waals surface area contributed by atoms with E-state index in [-0.39, 0.29) is 0 Å². The molecule has 1 aromatic carbocycles. The van der Waals surface area contributed by atoms with Crippen LogP contribution in [0.2, 0.25) is 0 Å². The Bertz CT molecular complexity index is 372. The van der Waals surface area contributed by atoms with Gasteiger partial charge in [-0.05, 0) is 11.1 Å². The normalized spacial score (nSPS) is 9.50. The molecule has 0 fully saturated rings. The zero-order valence-corrected chi connectivity index (χ0v) is 9.29. The van der Waals surface area contributed by atoms with Gasteiger partial charge in [0.25, 0.3) is 0 Å². The predicted molar refractivity (Wildman–Crippen MR) is 69.7 cm³/mol. The van der Waals surface area contributed by atoms with Gasteiger partial charge in [-0.15, -0.1) is 13.2 Å². The van der Waals surface area contributed by atoms with Gasteiger partial charge in [-0.3, -0.25) is 0 Å². The Morgan fingerprint density at radius 3 is 1.44 bits per heavy atom. The summed E-state index contributed by atoms with van der Waals surface area (Å²) in [5.41, 5.74) is 2.87. The first-order chi connectivity index (χ1) is 7.69. The zero-order valence-electron chi connectivity index (χ0n) is 9.29. The van der Waals surface area contributed by atoms with Crippen molar-refractivity contribution in [3.63, 3.8) is 0 Å². The molecule has 0 aliphatic carbocycles. The molecule has 0 aromatic heterocycles. The van der Waals surface area contributed by atoms with Gasteiger partial charge in [0.2, 0.25) is 0 Å².